The first-order chi connectivity index (χ1) is 19.5. The molecule has 0 fully saturated rings. The molecule has 0 aliphatic carbocycles. The Labute approximate surface area is 237 Å². The highest BCUT2D eigenvalue weighted by Crippen LogP contribution is 2.26. The van der Waals surface area contributed by atoms with Crippen LogP contribution in [0.2, 0.25) is 0 Å². The predicted octanol–water partition coefficient (Wildman–Crippen LogP) is 6.06. The molecule has 0 unspecified atom stereocenters. The van der Waals surface area contributed by atoms with Crippen molar-refractivity contribution in [2.45, 2.75) is 30.8 Å². The number of carbonyl (C=O) groups is 1. The molecule has 8 nitrogen and oxygen atoms in total. The van der Waals surface area contributed by atoms with Crippen molar-refractivity contribution in [2.75, 3.05) is 12.4 Å². The molecule has 9 heteroatoms. The van der Waals surface area contributed by atoms with Gasteiger partial charge in [0.05, 0.1) is 24.6 Å². The zero-order valence-electron chi connectivity index (χ0n) is 22.5. The lowest BCUT2D eigenvalue weighted by Gasteiger charge is -2.14. The summed E-state index contributed by atoms with van der Waals surface area (Å²) in [7, 11) is 1.64. The van der Waals surface area contributed by atoms with Crippen LogP contribution in [0.1, 0.15) is 25.2 Å². The first kappa shape index (κ1) is 27.0. The number of benzene rings is 4. The molecule has 1 aromatic heterocycles. The van der Waals surface area contributed by atoms with E-state index in [1.165, 1.54) is 11.8 Å². The van der Waals surface area contributed by atoms with Crippen molar-refractivity contribution in [3.05, 3.63) is 108 Å². The van der Waals surface area contributed by atoms with E-state index in [4.69, 9.17) is 4.74 Å². The SMILES string of the molecule is COc1ccc(NCc2nnc(S[C@H](C)C(=O)N/N=C(/C)c3ccc4ccccc4c3)n2-c2ccccc2)cc1. The summed E-state index contributed by atoms with van der Waals surface area (Å²) in [5, 5.41) is 19.1. The molecule has 0 aliphatic rings. The molecule has 5 rings (SSSR count). The summed E-state index contributed by atoms with van der Waals surface area (Å²) in [5.74, 6) is 1.30. The molecule has 1 atom stereocenters. The first-order valence-corrected chi connectivity index (χ1v) is 13.8. The minimum absolute atomic E-state index is 0.217. The number of carbonyl (C=O) groups excluding carboxylic acids is 1. The second kappa shape index (κ2) is 12.5. The van der Waals surface area contributed by atoms with Gasteiger partial charge in [-0.3, -0.25) is 9.36 Å². The normalized spacial score (nSPS) is 12.2. The molecule has 0 radical (unpaired) electrons. The highest BCUT2D eigenvalue weighted by Gasteiger charge is 2.21. The van der Waals surface area contributed by atoms with Crippen LogP contribution in [0, 0.1) is 0 Å². The summed E-state index contributed by atoms with van der Waals surface area (Å²) in [5.41, 5.74) is 6.26. The van der Waals surface area contributed by atoms with E-state index in [2.05, 4.69) is 50.3 Å². The van der Waals surface area contributed by atoms with E-state index < -0.39 is 5.25 Å². The molecule has 0 saturated heterocycles. The van der Waals surface area contributed by atoms with E-state index in [-0.39, 0.29) is 5.91 Å². The van der Waals surface area contributed by atoms with Crippen LogP contribution in [0.15, 0.2) is 107 Å². The summed E-state index contributed by atoms with van der Waals surface area (Å²) in [6.45, 7) is 4.17. The summed E-state index contributed by atoms with van der Waals surface area (Å²) in [4.78, 5) is 13.0. The zero-order valence-corrected chi connectivity index (χ0v) is 23.4. The third-order valence-corrected chi connectivity index (χ3v) is 7.45. The average Bonchev–Trinajstić information content (AvgIpc) is 3.41. The highest BCUT2D eigenvalue weighted by molar-refractivity contribution is 8.00. The number of aromatic nitrogens is 3. The summed E-state index contributed by atoms with van der Waals surface area (Å²) in [6, 6.07) is 31.9. The van der Waals surface area contributed by atoms with Crippen LogP contribution < -0.4 is 15.5 Å². The number of rotatable bonds is 10. The van der Waals surface area contributed by atoms with Gasteiger partial charge in [0.2, 0.25) is 0 Å². The summed E-state index contributed by atoms with van der Waals surface area (Å²) in [6.07, 6.45) is 0. The molecule has 40 heavy (non-hydrogen) atoms. The Kier molecular flexibility index (Phi) is 8.41. The monoisotopic (exact) mass is 550 g/mol. The van der Waals surface area contributed by atoms with Crippen molar-refractivity contribution in [3.8, 4) is 11.4 Å². The zero-order chi connectivity index (χ0) is 27.9. The maximum Gasteiger partial charge on any atom is 0.253 e. The number of methoxy groups -OCH3 is 1. The molecular formula is C31H30N6O2S. The lowest BCUT2D eigenvalue weighted by Crippen LogP contribution is -2.28. The third kappa shape index (κ3) is 6.32. The lowest BCUT2D eigenvalue weighted by atomic mass is 10.0. The molecule has 5 aromatic rings. The molecule has 0 spiro atoms. The van der Waals surface area contributed by atoms with Gasteiger partial charge in [0.1, 0.15) is 5.75 Å². The standard InChI is InChI=1S/C31H30N6O2S/c1-21(24-14-13-23-9-7-8-10-25(23)19-24)33-35-30(38)22(2)40-31-36-34-29(37(31)27-11-5-4-6-12-27)20-32-26-15-17-28(39-3)18-16-26/h4-19,22,32H,20H2,1-3H3,(H,35,38)/b33-21-/t22-/m1/s1. The van der Waals surface area contributed by atoms with Crippen LogP contribution in [0.3, 0.4) is 0 Å². The van der Waals surface area contributed by atoms with Crippen molar-refractivity contribution in [1.82, 2.24) is 20.2 Å². The molecule has 0 bridgehead atoms. The molecule has 0 saturated carbocycles. The maximum absolute atomic E-state index is 13.0. The van der Waals surface area contributed by atoms with E-state index in [0.717, 1.165) is 45.0 Å². The van der Waals surface area contributed by atoms with Crippen LogP contribution in [-0.4, -0.2) is 38.7 Å². The Bertz CT molecular complexity index is 1630. The van der Waals surface area contributed by atoms with Gasteiger partial charge >= 0.3 is 0 Å². The van der Waals surface area contributed by atoms with Crippen molar-refractivity contribution >= 4 is 39.8 Å². The molecule has 0 aliphatic heterocycles. The molecular weight excluding hydrogens is 520 g/mol. The number of thioether (sulfide) groups is 1. The fourth-order valence-electron chi connectivity index (χ4n) is 4.14. The van der Waals surface area contributed by atoms with Gasteiger partial charge < -0.3 is 10.1 Å². The Morgan fingerprint density at radius 3 is 2.42 bits per heavy atom. The van der Waals surface area contributed by atoms with Gasteiger partial charge in [-0.2, -0.15) is 5.10 Å². The Morgan fingerprint density at radius 2 is 1.68 bits per heavy atom. The molecule has 2 N–H and O–H groups in total. The van der Waals surface area contributed by atoms with Gasteiger partial charge in [-0.05, 0) is 72.6 Å². The van der Waals surface area contributed by atoms with Crippen LogP contribution >= 0.6 is 11.8 Å². The van der Waals surface area contributed by atoms with Gasteiger partial charge in [0, 0.05) is 11.4 Å². The predicted molar refractivity (Wildman–Crippen MR) is 161 cm³/mol. The van der Waals surface area contributed by atoms with E-state index in [9.17, 15) is 4.79 Å². The highest BCUT2D eigenvalue weighted by atomic mass is 32.2. The number of nitrogens with zero attached hydrogens (tertiary/aromatic N) is 4. The summed E-state index contributed by atoms with van der Waals surface area (Å²) >= 11 is 1.33. The first-order valence-electron chi connectivity index (χ1n) is 12.9. The van der Waals surface area contributed by atoms with Gasteiger partial charge in [-0.1, -0.05) is 66.4 Å². The number of ether oxygens (including phenoxy) is 1. The fraction of sp³-hybridized carbons (Fsp3) is 0.161. The maximum atomic E-state index is 13.0. The smallest absolute Gasteiger partial charge is 0.253 e. The van der Waals surface area contributed by atoms with Crippen LogP contribution in [0.5, 0.6) is 5.75 Å². The average molecular weight is 551 g/mol. The van der Waals surface area contributed by atoms with E-state index in [1.807, 2.05) is 91.2 Å². The van der Waals surface area contributed by atoms with Crippen molar-refractivity contribution < 1.29 is 9.53 Å². The van der Waals surface area contributed by atoms with E-state index in [0.29, 0.717) is 11.7 Å². The van der Waals surface area contributed by atoms with Gasteiger partial charge in [-0.25, -0.2) is 5.43 Å². The number of amides is 1. The number of nitrogens with one attached hydrogen (secondary N) is 2. The Balaban J connectivity index is 1.29. The second-order valence-electron chi connectivity index (χ2n) is 9.15. The quantitative estimate of drug-likeness (QED) is 0.125. The Hall–Kier alpha value is -4.63. The largest absolute Gasteiger partial charge is 0.497 e. The van der Waals surface area contributed by atoms with Gasteiger partial charge in [0.15, 0.2) is 11.0 Å². The number of fused-ring (bicyclic) bond motifs is 1. The molecule has 1 amide bonds. The van der Waals surface area contributed by atoms with Crippen molar-refractivity contribution in [1.29, 1.82) is 0 Å². The number of hydrazone groups is 1. The Morgan fingerprint density at radius 1 is 0.950 bits per heavy atom. The number of hydrogen-bond acceptors (Lipinski definition) is 7. The summed E-state index contributed by atoms with van der Waals surface area (Å²) < 4.78 is 7.21. The van der Waals surface area contributed by atoms with Crippen LogP contribution in [-0.2, 0) is 11.3 Å². The minimum atomic E-state index is -0.456. The van der Waals surface area contributed by atoms with Gasteiger partial charge in [-0.15, -0.1) is 10.2 Å². The fourth-order valence-corrected chi connectivity index (χ4v) is 5.02. The van der Waals surface area contributed by atoms with E-state index in [1.54, 1.807) is 7.11 Å². The minimum Gasteiger partial charge on any atom is -0.497 e. The molecule has 4 aromatic carbocycles. The van der Waals surface area contributed by atoms with Crippen LogP contribution in [0.4, 0.5) is 5.69 Å². The molecule has 202 valence electrons. The van der Waals surface area contributed by atoms with Gasteiger partial charge in [0.25, 0.3) is 5.91 Å². The lowest BCUT2D eigenvalue weighted by molar-refractivity contribution is -0.120. The van der Waals surface area contributed by atoms with E-state index >= 15 is 0 Å². The van der Waals surface area contributed by atoms with Crippen LogP contribution in [0.25, 0.3) is 16.5 Å². The molecule has 1 heterocycles. The number of hydrogen-bond donors (Lipinski definition) is 2. The topological polar surface area (TPSA) is 93.4 Å². The second-order valence-corrected chi connectivity index (χ2v) is 10.5. The number of para-hydroxylation sites is 1. The number of anilines is 1. The van der Waals surface area contributed by atoms with Crippen molar-refractivity contribution in [3.63, 3.8) is 0 Å². The van der Waals surface area contributed by atoms with Crippen molar-refractivity contribution in [2.24, 2.45) is 5.10 Å². The third-order valence-electron chi connectivity index (χ3n) is 6.41.